The molecule has 0 atom stereocenters. The van der Waals surface area contributed by atoms with Crippen molar-refractivity contribution in [3.05, 3.63) is 28.8 Å². The van der Waals surface area contributed by atoms with Gasteiger partial charge in [-0.2, -0.15) is 5.10 Å². The fraction of sp³-hybridized carbons (Fsp3) is 0.429. The molecule has 4 nitrogen and oxygen atoms in total. The number of nitrogens with zero attached hydrogens (tertiary/aromatic N) is 2. The summed E-state index contributed by atoms with van der Waals surface area (Å²) in [5.41, 5.74) is 1.39. The highest BCUT2D eigenvalue weighted by molar-refractivity contribution is 7.15. The van der Waals surface area contributed by atoms with E-state index in [0.29, 0.717) is 5.69 Å². The number of unbranched alkanes of at least 4 members (excludes halogenated alkanes) is 1. The summed E-state index contributed by atoms with van der Waals surface area (Å²) in [6.07, 6.45) is 2.10. The monoisotopic (exact) mass is 277 g/mol. The zero-order chi connectivity index (χ0) is 13.8. The molecule has 0 spiro atoms. The Labute approximate surface area is 117 Å². The Hall–Kier alpha value is -1.62. The van der Waals surface area contributed by atoms with Crippen LogP contribution in [-0.2, 0) is 0 Å². The number of H-pyrrole nitrogens is 1. The Balaban J connectivity index is 2.10. The van der Waals surface area contributed by atoms with E-state index in [1.165, 1.54) is 4.88 Å². The van der Waals surface area contributed by atoms with E-state index in [-0.39, 0.29) is 5.91 Å². The van der Waals surface area contributed by atoms with Gasteiger partial charge >= 0.3 is 0 Å². The Kier molecular flexibility index (Phi) is 4.37. The molecule has 2 heterocycles. The molecule has 0 aliphatic rings. The number of hydrogen-bond donors (Lipinski definition) is 1. The number of hydrogen-bond acceptors (Lipinski definition) is 3. The van der Waals surface area contributed by atoms with Crippen molar-refractivity contribution in [2.24, 2.45) is 0 Å². The number of carbonyl (C=O) groups is 1. The molecule has 0 aliphatic heterocycles. The third-order valence-corrected chi connectivity index (χ3v) is 4.03. The third kappa shape index (κ3) is 3.23. The van der Waals surface area contributed by atoms with Crippen molar-refractivity contribution in [2.75, 3.05) is 13.6 Å². The predicted molar refractivity (Wildman–Crippen MR) is 78.5 cm³/mol. The third-order valence-electron chi connectivity index (χ3n) is 3.00. The smallest absolute Gasteiger partial charge is 0.274 e. The minimum atomic E-state index is -0.0239. The molecule has 102 valence electrons. The average molecular weight is 277 g/mol. The molecular weight excluding hydrogens is 258 g/mol. The molecule has 2 aromatic heterocycles. The number of amides is 1. The number of rotatable bonds is 5. The van der Waals surface area contributed by atoms with E-state index < -0.39 is 0 Å². The topological polar surface area (TPSA) is 49.0 Å². The van der Waals surface area contributed by atoms with Crippen LogP contribution in [0.2, 0.25) is 0 Å². The molecule has 0 radical (unpaired) electrons. The summed E-state index contributed by atoms with van der Waals surface area (Å²) in [7, 11) is 1.82. The average Bonchev–Trinajstić information content (AvgIpc) is 3.03. The predicted octanol–water partition coefficient (Wildman–Crippen LogP) is 3.32. The van der Waals surface area contributed by atoms with Gasteiger partial charge in [0.25, 0.3) is 5.91 Å². The Morgan fingerprint density at radius 3 is 2.89 bits per heavy atom. The summed E-state index contributed by atoms with van der Waals surface area (Å²) < 4.78 is 0. The normalized spacial score (nSPS) is 10.7. The van der Waals surface area contributed by atoms with Crippen LogP contribution in [0, 0.1) is 6.92 Å². The molecule has 2 rings (SSSR count). The molecule has 2 aromatic rings. The standard InChI is InChI=1S/C14H19N3OS/c1-4-5-8-17(3)14(18)12-9-11(15-16-12)13-7-6-10(2)19-13/h6-7,9H,4-5,8H2,1-3H3,(H,15,16). The van der Waals surface area contributed by atoms with Crippen molar-refractivity contribution in [1.82, 2.24) is 15.1 Å². The largest absolute Gasteiger partial charge is 0.340 e. The molecule has 1 N–H and O–H groups in total. The van der Waals surface area contributed by atoms with Crippen molar-refractivity contribution in [2.45, 2.75) is 26.7 Å². The highest BCUT2D eigenvalue weighted by atomic mass is 32.1. The second kappa shape index (κ2) is 6.02. The van der Waals surface area contributed by atoms with E-state index in [2.05, 4.69) is 30.1 Å². The maximum absolute atomic E-state index is 12.1. The van der Waals surface area contributed by atoms with Crippen LogP contribution >= 0.6 is 11.3 Å². The number of nitrogens with one attached hydrogen (secondary N) is 1. The van der Waals surface area contributed by atoms with Crippen LogP contribution < -0.4 is 0 Å². The number of aromatic nitrogens is 2. The molecule has 0 unspecified atom stereocenters. The van der Waals surface area contributed by atoms with Crippen molar-refractivity contribution in [3.8, 4) is 10.6 Å². The number of carbonyl (C=O) groups excluding carboxylic acids is 1. The van der Waals surface area contributed by atoms with E-state index >= 15 is 0 Å². The first kappa shape index (κ1) is 13.8. The quantitative estimate of drug-likeness (QED) is 0.911. The minimum absolute atomic E-state index is 0.0239. The molecule has 19 heavy (non-hydrogen) atoms. The second-order valence-electron chi connectivity index (χ2n) is 4.66. The molecular formula is C14H19N3OS. The Morgan fingerprint density at radius 2 is 2.26 bits per heavy atom. The van der Waals surface area contributed by atoms with Gasteiger partial charge in [0.15, 0.2) is 5.69 Å². The molecule has 1 amide bonds. The molecule has 0 bridgehead atoms. The first-order valence-corrected chi connectivity index (χ1v) is 7.31. The molecule has 5 heteroatoms. The first-order valence-electron chi connectivity index (χ1n) is 6.49. The molecule has 0 saturated carbocycles. The van der Waals surface area contributed by atoms with Gasteiger partial charge in [-0.3, -0.25) is 9.89 Å². The Bertz CT molecular complexity index is 559. The van der Waals surface area contributed by atoms with Gasteiger partial charge in [0, 0.05) is 18.5 Å². The summed E-state index contributed by atoms with van der Waals surface area (Å²) in [4.78, 5) is 16.2. The van der Waals surface area contributed by atoms with E-state index in [1.54, 1.807) is 16.2 Å². The summed E-state index contributed by atoms with van der Waals surface area (Å²) in [5.74, 6) is -0.0239. The summed E-state index contributed by atoms with van der Waals surface area (Å²) >= 11 is 1.69. The van der Waals surface area contributed by atoms with Crippen molar-refractivity contribution < 1.29 is 4.79 Å². The molecule has 0 aliphatic carbocycles. The summed E-state index contributed by atoms with van der Waals surface area (Å²) in [6.45, 7) is 4.95. The fourth-order valence-electron chi connectivity index (χ4n) is 1.83. The zero-order valence-corrected chi connectivity index (χ0v) is 12.4. The molecule has 0 saturated heterocycles. The minimum Gasteiger partial charge on any atom is -0.340 e. The molecule has 0 aromatic carbocycles. The van der Waals surface area contributed by atoms with Gasteiger partial charge in [-0.15, -0.1) is 11.3 Å². The van der Waals surface area contributed by atoms with Crippen molar-refractivity contribution >= 4 is 17.2 Å². The number of aryl methyl sites for hydroxylation is 1. The van der Waals surface area contributed by atoms with Crippen LogP contribution in [0.1, 0.15) is 35.1 Å². The van der Waals surface area contributed by atoms with Crippen LogP contribution in [0.5, 0.6) is 0 Å². The summed E-state index contributed by atoms with van der Waals surface area (Å²) in [6, 6.07) is 5.94. The lowest BCUT2D eigenvalue weighted by atomic mass is 10.2. The lowest BCUT2D eigenvalue weighted by Crippen LogP contribution is -2.27. The van der Waals surface area contributed by atoms with Gasteiger partial charge in [0.05, 0.1) is 10.6 Å². The van der Waals surface area contributed by atoms with Crippen LogP contribution in [0.15, 0.2) is 18.2 Å². The summed E-state index contributed by atoms with van der Waals surface area (Å²) in [5, 5.41) is 7.06. The van der Waals surface area contributed by atoms with Crippen LogP contribution in [0.4, 0.5) is 0 Å². The highest BCUT2D eigenvalue weighted by Gasteiger charge is 2.15. The SMILES string of the molecule is CCCCN(C)C(=O)c1cc(-c2ccc(C)s2)[nH]n1. The van der Waals surface area contributed by atoms with Crippen LogP contribution in [0.25, 0.3) is 10.6 Å². The van der Waals surface area contributed by atoms with Crippen LogP contribution in [-0.4, -0.2) is 34.6 Å². The van der Waals surface area contributed by atoms with E-state index in [1.807, 2.05) is 19.2 Å². The van der Waals surface area contributed by atoms with Crippen LogP contribution in [0.3, 0.4) is 0 Å². The van der Waals surface area contributed by atoms with Gasteiger partial charge in [-0.25, -0.2) is 0 Å². The van der Waals surface area contributed by atoms with E-state index in [0.717, 1.165) is 30.0 Å². The van der Waals surface area contributed by atoms with Gasteiger partial charge in [0.2, 0.25) is 0 Å². The van der Waals surface area contributed by atoms with Gasteiger partial charge in [-0.05, 0) is 31.5 Å². The van der Waals surface area contributed by atoms with Gasteiger partial charge in [-0.1, -0.05) is 13.3 Å². The zero-order valence-electron chi connectivity index (χ0n) is 11.6. The number of aromatic amines is 1. The highest BCUT2D eigenvalue weighted by Crippen LogP contribution is 2.26. The lowest BCUT2D eigenvalue weighted by molar-refractivity contribution is 0.0787. The maximum atomic E-state index is 12.1. The van der Waals surface area contributed by atoms with E-state index in [4.69, 9.17) is 0 Å². The molecule has 0 fully saturated rings. The van der Waals surface area contributed by atoms with Crippen molar-refractivity contribution in [1.29, 1.82) is 0 Å². The Morgan fingerprint density at radius 1 is 1.47 bits per heavy atom. The van der Waals surface area contributed by atoms with Gasteiger partial charge in [0.1, 0.15) is 0 Å². The lowest BCUT2D eigenvalue weighted by Gasteiger charge is -2.14. The first-order chi connectivity index (χ1) is 9.11. The number of thiophene rings is 1. The maximum Gasteiger partial charge on any atom is 0.274 e. The second-order valence-corrected chi connectivity index (χ2v) is 5.95. The fourth-order valence-corrected chi connectivity index (χ4v) is 2.66. The van der Waals surface area contributed by atoms with E-state index in [9.17, 15) is 4.79 Å². The van der Waals surface area contributed by atoms with Crippen molar-refractivity contribution in [3.63, 3.8) is 0 Å². The van der Waals surface area contributed by atoms with Gasteiger partial charge < -0.3 is 4.90 Å².